The van der Waals surface area contributed by atoms with E-state index in [0.717, 1.165) is 38.0 Å². The lowest BCUT2D eigenvalue weighted by Gasteiger charge is -2.40. The first-order chi connectivity index (χ1) is 14.5. The lowest BCUT2D eigenvalue weighted by molar-refractivity contribution is -0.137. The molecule has 0 saturated heterocycles. The summed E-state index contributed by atoms with van der Waals surface area (Å²) in [6, 6.07) is 9.61. The van der Waals surface area contributed by atoms with Gasteiger partial charge in [-0.25, -0.2) is 0 Å². The number of nitrogens with zero attached hydrogens (tertiary/aromatic N) is 2. The molecule has 1 aromatic rings. The van der Waals surface area contributed by atoms with E-state index in [1.54, 1.807) is 0 Å². The van der Waals surface area contributed by atoms with E-state index >= 15 is 0 Å². The number of carbonyl (C=O) groups excluding carboxylic acids is 2. The molecule has 162 valence electrons. The zero-order valence-electron chi connectivity index (χ0n) is 18.6. The molecule has 1 amide bonds. The summed E-state index contributed by atoms with van der Waals surface area (Å²) in [5.74, 6) is 1.19. The Kier molecular flexibility index (Phi) is 6.01. The Morgan fingerprint density at radius 1 is 1.03 bits per heavy atom. The van der Waals surface area contributed by atoms with Gasteiger partial charge in [-0.3, -0.25) is 9.59 Å². The first kappa shape index (κ1) is 21.1. The third-order valence-corrected chi connectivity index (χ3v) is 7.47. The molecule has 5 nitrogen and oxygen atoms in total. The molecule has 30 heavy (non-hydrogen) atoms. The van der Waals surface area contributed by atoms with Gasteiger partial charge in [0, 0.05) is 13.1 Å². The predicted molar refractivity (Wildman–Crippen MR) is 117 cm³/mol. The SMILES string of the molecule is CCN(CC)CCN1C(=O)C2=C(C(=O)C3CC(C)C(C)CC3O2)C1c1ccccc1. The van der Waals surface area contributed by atoms with E-state index in [9.17, 15) is 9.59 Å². The Balaban J connectivity index is 1.69. The van der Waals surface area contributed by atoms with Crippen LogP contribution in [0.25, 0.3) is 0 Å². The molecule has 1 saturated carbocycles. The van der Waals surface area contributed by atoms with Gasteiger partial charge in [0.25, 0.3) is 5.91 Å². The van der Waals surface area contributed by atoms with Crippen molar-refractivity contribution in [3.8, 4) is 0 Å². The fourth-order valence-corrected chi connectivity index (χ4v) is 5.31. The van der Waals surface area contributed by atoms with Crippen LogP contribution in [-0.2, 0) is 14.3 Å². The molecular formula is C25H34N2O3. The number of Topliss-reactive ketones (excluding diaryl/α,β-unsaturated/α-hetero) is 1. The maximum absolute atomic E-state index is 13.7. The second-order valence-electron chi connectivity index (χ2n) is 9.13. The van der Waals surface area contributed by atoms with Gasteiger partial charge in [-0.1, -0.05) is 58.0 Å². The summed E-state index contributed by atoms with van der Waals surface area (Å²) in [5, 5.41) is 0. The first-order valence-electron chi connectivity index (χ1n) is 11.5. The highest BCUT2D eigenvalue weighted by Crippen LogP contribution is 2.48. The molecule has 5 heteroatoms. The molecule has 1 aromatic carbocycles. The topological polar surface area (TPSA) is 49.9 Å². The highest BCUT2D eigenvalue weighted by atomic mass is 16.5. The van der Waals surface area contributed by atoms with Crippen LogP contribution in [-0.4, -0.2) is 53.8 Å². The molecule has 0 aromatic heterocycles. The smallest absolute Gasteiger partial charge is 0.290 e. The Morgan fingerprint density at radius 3 is 2.37 bits per heavy atom. The van der Waals surface area contributed by atoms with Crippen LogP contribution in [0.4, 0.5) is 0 Å². The van der Waals surface area contributed by atoms with Crippen LogP contribution in [0.5, 0.6) is 0 Å². The van der Waals surface area contributed by atoms with E-state index < -0.39 is 0 Å². The second-order valence-corrected chi connectivity index (χ2v) is 9.13. The Labute approximate surface area is 180 Å². The van der Waals surface area contributed by atoms with Crippen LogP contribution >= 0.6 is 0 Å². The highest BCUT2D eigenvalue weighted by molar-refractivity contribution is 6.11. The molecule has 4 rings (SSSR count). The van der Waals surface area contributed by atoms with Gasteiger partial charge >= 0.3 is 0 Å². The summed E-state index contributed by atoms with van der Waals surface area (Å²) < 4.78 is 6.31. The number of fused-ring (bicyclic) bond motifs is 1. The van der Waals surface area contributed by atoms with Crippen molar-refractivity contribution in [2.75, 3.05) is 26.2 Å². The fraction of sp³-hybridized carbons (Fsp3) is 0.600. The van der Waals surface area contributed by atoms with Gasteiger partial charge in [0.05, 0.1) is 17.5 Å². The molecule has 0 bridgehead atoms. The van der Waals surface area contributed by atoms with Crippen molar-refractivity contribution in [2.45, 2.75) is 52.7 Å². The highest BCUT2D eigenvalue weighted by Gasteiger charge is 2.53. The van der Waals surface area contributed by atoms with Gasteiger partial charge < -0.3 is 14.5 Å². The summed E-state index contributed by atoms with van der Waals surface area (Å²) in [6.45, 7) is 12.0. The van der Waals surface area contributed by atoms with Gasteiger partial charge in [0.1, 0.15) is 6.10 Å². The van der Waals surface area contributed by atoms with E-state index in [0.29, 0.717) is 29.7 Å². The summed E-state index contributed by atoms with van der Waals surface area (Å²) in [4.78, 5) is 31.3. The fourth-order valence-electron chi connectivity index (χ4n) is 5.31. The molecule has 2 heterocycles. The lowest BCUT2D eigenvalue weighted by Crippen LogP contribution is -2.43. The van der Waals surface area contributed by atoms with Crippen molar-refractivity contribution in [1.29, 1.82) is 0 Å². The van der Waals surface area contributed by atoms with Crippen molar-refractivity contribution in [3.05, 3.63) is 47.2 Å². The maximum atomic E-state index is 13.7. The number of hydrogen-bond acceptors (Lipinski definition) is 4. The molecule has 1 fully saturated rings. The first-order valence-corrected chi connectivity index (χ1v) is 11.5. The van der Waals surface area contributed by atoms with Crippen molar-refractivity contribution >= 4 is 11.7 Å². The van der Waals surface area contributed by atoms with Crippen LogP contribution in [0, 0.1) is 17.8 Å². The van der Waals surface area contributed by atoms with Crippen LogP contribution in [0.15, 0.2) is 41.7 Å². The van der Waals surface area contributed by atoms with Crippen LogP contribution in [0.3, 0.4) is 0 Å². The van der Waals surface area contributed by atoms with Gasteiger partial charge in [0.15, 0.2) is 11.5 Å². The Bertz CT molecular complexity index is 830. The zero-order valence-corrected chi connectivity index (χ0v) is 18.6. The van der Waals surface area contributed by atoms with Crippen LogP contribution in [0.2, 0.25) is 0 Å². The number of ketones is 1. The third-order valence-electron chi connectivity index (χ3n) is 7.47. The van der Waals surface area contributed by atoms with Crippen LogP contribution in [0.1, 0.15) is 52.1 Å². The number of likely N-dealkylation sites (N-methyl/N-ethyl adjacent to an activating group) is 1. The van der Waals surface area contributed by atoms with E-state index in [2.05, 4.69) is 32.6 Å². The third kappa shape index (κ3) is 3.58. The average molecular weight is 411 g/mol. The minimum atomic E-state index is -0.340. The second kappa shape index (κ2) is 8.54. The van der Waals surface area contributed by atoms with Crippen LogP contribution < -0.4 is 0 Å². The number of rotatable bonds is 6. The maximum Gasteiger partial charge on any atom is 0.290 e. The molecule has 5 unspecified atom stereocenters. The summed E-state index contributed by atoms with van der Waals surface area (Å²) >= 11 is 0. The number of carbonyl (C=O) groups is 2. The number of benzene rings is 1. The Morgan fingerprint density at radius 2 is 1.70 bits per heavy atom. The standard InChI is InChI=1S/C25H34N2O3/c1-5-26(6-2)12-13-27-22(18-10-8-7-9-11-18)21-23(28)19-14-16(3)17(4)15-20(19)30-24(21)25(27)29/h7-11,16-17,19-20,22H,5-6,12-15H2,1-4H3. The van der Waals surface area contributed by atoms with Crippen molar-refractivity contribution in [2.24, 2.45) is 17.8 Å². The number of amides is 1. The minimum absolute atomic E-state index is 0.121. The summed E-state index contributed by atoms with van der Waals surface area (Å²) in [6.07, 6.45) is 1.53. The molecule has 0 spiro atoms. The van der Waals surface area contributed by atoms with Crippen molar-refractivity contribution < 1.29 is 14.3 Å². The van der Waals surface area contributed by atoms with Crippen molar-refractivity contribution in [1.82, 2.24) is 9.80 Å². The normalized spacial score (nSPS) is 31.1. The molecule has 2 aliphatic heterocycles. The van der Waals surface area contributed by atoms with Gasteiger partial charge in [-0.05, 0) is 43.3 Å². The number of ether oxygens (including phenoxy) is 1. The molecular weight excluding hydrogens is 376 g/mol. The molecule has 0 N–H and O–H groups in total. The minimum Gasteiger partial charge on any atom is -0.483 e. The van der Waals surface area contributed by atoms with Gasteiger partial charge in [-0.2, -0.15) is 0 Å². The van der Waals surface area contributed by atoms with E-state index in [-0.39, 0.29) is 29.8 Å². The van der Waals surface area contributed by atoms with E-state index in [4.69, 9.17) is 4.74 Å². The van der Waals surface area contributed by atoms with E-state index in [1.807, 2.05) is 35.2 Å². The summed E-state index contributed by atoms with van der Waals surface area (Å²) in [7, 11) is 0. The largest absolute Gasteiger partial charge is 0.483 e. The average Bonchev–Trinajstić information content (AvgIpc) is 3.03. The lowest BCUT2D eigenvalue weighted by atomic mass is 9.70. The molecule has 1 aliphatic carbocycles. The van der Waals surface area contributed by atoms with Gasteiger partial charge in [-0.15, -0.1) is 0 Å². The quantitative estimate of drug-likeness (QED) is 0.715. The predicted octanol–water partition coefficient (Wildman–Crippen LogP) is 3.82. The van der Waals surface area contributed by atoms with E-state index in [1.165, 1.54) is 0 Å². The van der Waals surface area contributed by atoms with Crippen molar-refractivity contribution in [3.63, 3.8) is 0 Å². The number of hydrogen-bond donors (Lipinski definition) is 0. The Hall–Kier alpha value is -2.14. The molecule has 0 radical (unpaired) electrons. The zero-order chi connectivity index (χ0) is 21.4. The molecule has 3 aliphatic rings. The monoisotopic (exact) mass is 410 g/mol. The molecule has 5 atom stereocenters. The summed E-state index contributed by atoms with van der Waals surface area (Å²) in [5.41, 5.74) is 1.58. The van der Waals surface area contributed by atoms with Gasteiger partial charge in [0.2, 0.25) is 0 Å².